The summed E-state index contributed by atoms with van der Waals surface area (Å²) in [6.45, 7) is 4.98. The molecule has 190 valence electrons. The fourth-order valence-electron chi connectivity index (χ4n) is 3.79. The van der Waals surface area contributed by atoms with Crippen molar-refractivity contribution in [1.29, 1.82) is 0 Å². The summed E-state index contributed by atoms with van der Waals surface area (Å²) in [6.07, 6.45) is 3.10. The number of hydrogen-bond acceptors (Lipinski definition) is 3. The maximum Gasteiger partial charge on any atom is 0.304 e. The van der Waals surface area contributed by atoms with Crippen molar-refractivity contribution < 1.29 is 22.9 Å². The SMILES string of the molecule is Cc1ccc(/C=C(\CCCS(=O)c2ccc(CNCCC(=O)O)cc2)c2cc(F)cc(F)c2)cc1C. The molecular formula is C29H31F2NO3S. The van der Waals surface area contributed by atoms with Crippen LogP contribution < -0.4 is 5.32 Å². The van der Waals surface area contributed by atoms with E-state index < -0.39 is 28.4 Å². The van der Waals surface area contributed by atoms with Gasteiger partial charge >= 0.3 is 5.97 Å². The first-order valence-corrected chi connectivity index (χ1v) is 13.2. The fraction of sp³-hybridized carbons (Fsp3) is 0.276. The highest BCUT2D eigenvalue weighted by atomic mass is 32.2. The standard InChI is InChI=1S/C29H31F2NO3S/c1-20-5-6-23(14-21(20)2)15-24(25-16-26(30)18-27(31)17-25)4-3-13-36(35)28-9-7-22(8-10-28)19-32-12-11-29(33)34/h5-10,14-18,32H,3-4,11-13,19H2,1-2H3,(H,33,34)/b24-15+. The number of benzene rings is 3. The van der Waals surface area contributed by atoms with Gasteiger partial charge in [-0.3, -0.25) is 9.00 Å². The average Bonchev–Trinajstić information content (AvgIpc) is 2.83. The maximum atomic E-state index is 13.9. The molecule has 1 unspecified atom stereocenters. The van der Waals surface area contributed by atoms with Crippen molar-refractivity contribution in [2.75, 3.05) is 12.3 Å². The Bertz CT molecular complexity index is 1240. The van der Waals surface area contributed by atoms with Gasteiger partial charge < -0.3 is 10.4 Å². The van der Waals surface area contributed by atoms with Crippen molar-refractivity contribution in [3.63, 3.8) is 0 Å². The first-order chi connectivity index (χ1) is 17.2. The van der Waals surface area contributed by atoms with Gasteiger partial charge in [-0.2, -0.15) is 0 Å². The van der Waals surface area contributed by atoms with Gasteiger partial charge in [0.1, 0.15) is 11.6 Å². The molecule has 0 spiro atoms. The molecule has 0 aromatic heterocycles. The van der Waals surface area contributed by atoms with Crippen LogP contribution in [0.1, 0.15) is 47.1 Å². The van der Waals surface area contributed by atoms with Crippen LogP contribution >= 0.6 is 0 Å². The number of aryl methyl sites for hydroxylation is 2. The van der Waals surface area contributed by atoms with E-state index in [0.717, 1.165) is 28.3 Å². The topological polar surface area (TPSA) is 66.4 Å². The fourth-order valence-corrected chi connectivity index (χ4v) is 4.88. The Kier molecular flexibility index (Phi) is 10.1. The monoisotopic (exact) mass is 511 g/mol. The first kappa shape index (κ1) is 27.4. The van der Waals surface area contributed by atoms with E-state index in [1.165, 1.54) is 17.7 Å². The number of halogens is 2. The average molecular weight is 512 g/mol. The summed E-state index contributed by atoms with van der Waals surface area (Å²) in [6, 6.07) is 16.9. The number of carbonyl (C=O) groups is 1. The molecule has 0 heterocycles. The second-order valence-electron chi connectivity index (χ2n) is 8.79. The molecule has 2 N–H and O–H groups in total. The molecule has 0 aliphatic rings. The first-order valence-electron chi connectivity index (χ1n) is 11.9. The van der Waals surface area contributed by atoms with E-state index in [2.05, 4.69) is 5.32 Å². The Hall–Kier alpha value is -3.16. The molecule has 3 aromatic carbocycles. The van der Waals surface area contributed by atoms with Gasteiger partial charge in [0, 0.05) is 29.8 Å². The second kappa shape index (κ2) is 13.2. The zero-order chi connectivity index (χ0) is 26.1. The molecule has 0 amide bonds. The lowest BCUT2D eigenvalue weighted by Gasteiger charge is -2.11. The summed E-state index contributed by atoms with van der Waals surface area (Å²) in [5.74, 6) is -1.69. The molecule has 1 atom stereocenters. The van der Waals surface area contributed by atoms with Crippen molar-refractivity contribution in [1.82, 2.24) is 5.32 Å². The van der Waals surface area contributed by atoms with Gasteiger partial charge in [-0.05, 0) is 84.3 Å². The number of carboxylic acids is 1. The highest BCUT2D eigenvalue weighted by molar-refractivity contribution is 7.85. The number of carboxylic acid groups (broad SMARTS) is 1. The van der Waals surface area contributed by atoms with Crippen molar-refractivity contribution >= 4 is 28.4 Å². The summed E-state index contributed by atoms with van der Waals surface area (Å²) in [7, 11) is -1.21. The van der Waals surface area contributed by atoms with Crippen LogP contribution in [0.2, 0.25) is 0 Å². The number of aliphatic carboxylic acids is 1. The zero-order valence-corrected chi connectivity index (χ0v) is 21.3. The van der Waals surface area contributed by atoms with E-state index in [0.29, 0.717) is 42.1 Å². The van der Waals surface area contributed by atoms with Crippen LogP contribution in [0.15, 0.2) is 65.6 Å². The maximum absolute atomic E-state index is 13.9. The summed E-state index contributed by atoms with van der Waals surface area (Å²) >= 11 is 0. The second-order valence-corrected chi connectivity index (χ2v) is 10.4. The predicted octanol–water partition coefficient (Wildman–Crippen LogP) is 6.27. The minimum atomic E-state index is -1.21. The van der Waals surface area contributed by atoms with Crippen LogP contribution in [0.5, 0.6) is 0 Å². The van der Waals surface area contributed by atoms with Crippen LogP contribution in [-0.4, -0.2) is 27.6 Å². The van der Waals surface area contributed by atoms with Gasteiger partial charge in [0.2, 0.25) is 0 Å². The van der Waals surface area contributed by atoms with Gasteiger partial charge in [0.05, 0.1) is 17.2 Å². The summed E-state index contributed by atoms with van der Waals surface area (Å²) in [4.78, 5) is 11.3. The van der Waals surface area contributed by atoms with Crippen LogP contribution in [0.4, 0.5) is 8.78 Å². The van der Waals surface area contributed by atoms with E-state index in [-0.39, 0.29) is 6.42 Å². The molecule has 0 radical (unpaired) electrons. The third-order valence-corrected chi connectivity index (χ3v) is 7.37. The van der Waals surface area contributed by atoms with Crippen LogP contribution in [0.3, 0.4) is 0 Å². The van der Waals surface area contributed by atoms with Gasteiger partial charge in [-0.15, -0.1) is 0 Å². The van der Waals surface area contributed by atoms with Crippen molar-refractivity contribution in [3.8, 4) is 0 Å². The van der Waals surface area contributed by atoms with Crippen LogP contribution in [0, 0.1) is 25.5 Å². The van der Waals surface area contributed by atoms with E-state index in [4.69, 9.17) is 5.11 Å². The smallest absolute Gasteiger partial charge is 0.304 e. The number of hydrogen-bond donors (Lipinski definition) is 2. The van der Waals surface area contributed by atoms with E-state index in [1.807, 2.05) is 62.4 Å². The Morgan fingerprint density at radius 2 is 1.64 bits per heavy atom. The van der Waals surface area contributed by atoms with Gasteiger partial charge in [0.15, 0.2) is 0 Å². The Labute approximate surface area is 213 Å². The Balaban J connectivity index is 1.65. The third kappa shape index (κ3) is 8.50. The highest BCUT2D eigenvalue weighted by Crippen LogP contribution is 2.26. The molecule has 0 bridgehead atoms. The molecule has 0 aliphatic carbocycles. The molecule has 0 fully saturated rings. The van der Waals surface area contributed by atoms with Gasteiger partial charge in [-0.25, -0.2) is 8.78 Å². The quantitative estimate of drug-likeness (QED) is 0.222. The van der Waals surface area contributed by atoms with E-state index >= 15 is 0 Å². The largest absolute Gasteiger partial charge is 0.481 e. The van der Waals surface area contributed by atoms with Crippen LogP contribution in [-0.2, 0) is 22.1 Å². The van der Waals surface area contributed by atoms with Crippen molar-refractivity contribution in [2.24, 2.45) is 0 Å². The minimum absolute atomic E-state index is 0.0598. The number of rotatable bonds is 12. The molecular weight excluding hydrogens is 480 g/mol. The highest BCUT2D eigenvalue weighted by Gasteiger charge is 2.10. The molecule has 7 heteroatoms. The zero-order valence-electron chi connectivity index (χ0n) is 20.5. The van der Waals surface area contributed by atoms with Crippen LogP contribution in [0.25, 0.3) is 11.6 Å². The van der Waals surface area contributed by atoms with Gasteiger partial charge in [-0.1, -0.05) is 36.4 Å². The number of allylic oxidation sites excluding steroid dienone is 1. The molecule has 3 rings (SSSR count). The Morgan fingerprint density at radius 1 is 0.944 bits per heavy atom. The molecule has 0 saturated heterocycles. The van der Waals surface area contributed by atoms with Crippen molar-refractivity contribution in [3.05, 3.63) is 100 Å². The summed E-state index contributed by atoms with van der Waals surface area (Å²) < 4.78 is 40.7. The summed E-state index contributed by atoms with van der Waals surface area (Å²) in [5.41, 5.74) is 5.50. The molecule has 3 aromatic rings. The van der Waals surface area contributed by atoms with Gasteiger partial charge in [0.25, 0.3) is 0 Å². The lowest BCUT2D eigenvalue weighted by molar-refractivity contribution is -0.136. The third-order valence-electron chi connectivity index (χ3n) is 5.91. The molecule has 36 heavy (non-hydrogen) atoms. The molecule has 4 nitrogen and oxygen atoms in total. The Morgan fingerprint density at radius 3 is 2.28 bits per heavy atom. The predicted molar refractivity (Wildman–Crippen MR) is 141 cm³/mol. The minimum Gasteiger partial charge on any atom is -0.481 e. The molecule has 0 aliphatic heterocycles. The lowest BCUT2D eigenvalue weighted by Crippen LogP contribution is -2.17. The summed E-state index contributed by atoms with van der Waals surface area (Å²) in [5, 5.41) is 11.7. The van der Waals surface area contributed by atoms with E-state index in [9.17, 15) is 17.8 Å². The normalized spacial score (nSPS) is 12.5. The molecule has 0 saturated carbocycles. The van der Waals surface area contributed by atoms with Crippen molar-refractivity contribution in [2.45, 2.75) is 44.6 Å². The van der Waals surface area contributed by atoms with E-state index in [1.54, 1.807) is 0 Å². The number of nitrogens with one attached hydrogen (secondary N) is 1. The lowest BCUT2D eigenvalue weighted by atomic mass is 9.97.